The Morgan fingerprint density at radius 2 is 2.00 bits per heavy atom. The van der Waals surface area contributed by atoms with Gasteiger partial charge in [-0.25, -0.2) is 9.37 Å². The van der Waals surface area contributed by atoms with E-state index in [1.807, 2.05) is 19.1 Å². The minimum absolute atomic E-state index is 0.131. The first kappa shape index (κ1) is 19.7. The van der Waals surface area contributed by atoms with Gasteiger partial charge in [0.25, 0.3) is 0 Å². The number of hydrogen-bond acceptors (Lipinski definition) is 4. The summed E-state index contributed by atoms with van der Waals surface area (Å²) in [6, 6.07) is 6.92. The van der Waals surface area contributed by atoms with Gasteiger partial charge in [-0.05, 0) is 25.5 Å². The van der Waals surface area contributed by atoms with Gasteiger partial charge in [-0.1, -0.05) is 18.2 Å². The molecule has 1 aromatic heterocycles. The van der Waals surface area contributed by atoms with Gasteiger partial charge in [0.05, 0.1) is 10.7 Å². The molecule has 0 spiro atoms. The quantitative estimate of drug-likeness (QED) is 0.418. The Hall–Kier alpha value is -1.60. The van der Waals surface area contributed by atoms with Gasteiger partial charge in [0.2, 0.25) is 0 Å². The molecule has 0 atom stereocenters. The van der Waals surface area contributed by atoms with Gasteiger partial charge in [0.15, 0.2) is 5.96 Å². The number of aliphatic imine (C=N–C) groups is 1. The minimum Gasteiger partial charge on any atom is -0.356 e. The molecule has 1 heterocycles. The zero-order valence-corrected chi connectivity index (χ0v) is 16.6. The molecule has 1 aromatic carbocycles. The average molecular weight is 381 g/mol. The van der Waals surface area contributed by atoms with Crippen molar-refractivity contribution in [1.82, 2.24) is 15.6 Å². The van der Waals surface area contributed by atoms with Crippen molar-refractivity contribution in [2.45, 2.75) is 26.0 Å². The second-order valence-electron chi connectivity index (χ2n) is 5.57. The van der Waals surface area contributed by atoms with Crippen molar-refractivity contribution in [3.05, 3.63) is 51.2 Å². The third kappa shape index (κ3) is 6.66. The fourth-order valence-electron chi connectivity index (χ4n) is 2.19. The topological polar surface area (TPSA) is 49.3 Å². The molecule has 0 saturated carbocycles. The van der Waals surface area contributed by atoms with Crippen LogP contribution in [0.3, 0.4) is 0 Å². The molecule has 0 fully saturated rings. The second kappa shape index (κ2) is 10.4. The molecule has 0 radical (unpaired) electrons. The predicted molar refractivity (Wildman–Crippen MR) is 107 cm³/mol. The van der Waals surface area contributed by atoms with E-state index in [-0.39, 0.29) is 5.82 Å². The average Bonchev–Trinajstić information content (AvgIpc) is 2.92. The first-order valence-electron chi connectivity index (χ1n) is 8.28. The van der Waals surface area contributed by atoms with E-state index in [1.165, 1.54) is 10.9 Å². The van der Waals surface area contributed by atoms with E-state index in [4.69, 9.17) is 0 Å². The van der Waals surface area contributed by atoms with Crippen molar-refractivity contribution < 1.29 is 4.39 Å². The molecule has 25 heavy (non-hydrogen) atoms. The van der Waals surface area contributed by atoms with E-state index in [1.54, 1.807) is 36.2 Å². The summed E-state index contributed by atoms with van der Waals surface area (Å²) < 4.78 is 13.5. The Balaban J connectivity index is 1.61. The van der Waals surface area contributed by atoms with Crippen LogP contribution in [0.2, 0.25) is 0 Å². The summed E-state index contributed by atoms with van der Waals surface area (Å²) in [6.07, 6.45) is 0.891. The van der Waals surface area contributed by atoms with E-state index in [2.05, 4.69) is 27.5 Å². The lowest BCUT2D eigenvalue weighted by Gasteiger charge is -2.11. The van der Waals surface area contributed by atoms with E-state index < -0.39 is 0 Å². The van der Waals surface area contributed by atoms with Gasteiger partial charge >= 0.3 is 0 Å². The van der Waals surface area contributed by atoms with Crippen molar-refractivity contribution in [3.8, 4) is 0 Å². The Morgan fingerprint density at radius 1 is 1.24 bits per heavy atom. The highest BCUT2D eigenvalue weighted by Gasteiger charge is 2.04. The monoisotopic (exact) mass is 380 g/mol. The third-order valence-electron chi connectivity index (χ3n) is 3.68. The van der Waals surface area contributed by atoms with E-state index in [0.717, 1.165) is 47.5 Å². The molecule has 0 aliphatic rings. The summed E-state index contributed by atoms with van der Waals surface area (Å²) in [5.41, 5.74) is 1.87. The van der Waals surface area contributed by atoms with E-state index >= 15 is 0 Å². The molecule has 136 valence electrons. The van der Waals surface area contributed by atoms with Gasteiger partial charge in [0.1, 0.15) is 5.82 Å². The number of thiazole rings is 1. The molecule has 0 saturated heterocycles. The maximum Gasteiger partial charge on any atom is 0.191 e. The van der Waals surface area contributed by atoms with Crippen LogP contribution in [0.1, 0.15) is 21.1 Å². The number of benzene rings is 1. The maximum atomic E-state index is 13.5. The Kier molecular flexibility index (Phi) is 8.21. The summed E-state index contributed by atoms with van der Waals surface area (Å²) >= 11 is 3.46. The molecule has 7 heteroatoms. The largest absolute Gasteiger partial charge is 0.356 e. The molecule has 2 N–H and O–H groups in total. The van der Waals surface area contributed by atoms with Crippen molar-refractivity contribution in [1.29, 1.82) is 0 Å². The molecule has 0 amide bonds. The molecule has 0 bridgehead atoms. The summed E-state index contributed by atoms with van der Waals surface area (Å²) in [5, 5.41) is 7.73. The fraction of sp³-hybridized carbons (Fsp3) is 0.444. The molecule has 0 unspecified atom stereocenters. The molecule has 2 rings (SSSR count). The van der Waals surface area contributed by atoms with Crippen molar-refractivity contribution in [2.24, 2.45) is 4.99 Å². The highest BCUT2D eigenvalue weighted by molar-refractivity contribution is 7.98. The second-order valence-corrected chi connectivity index (χ2v) is 7.96. The number of aryl methyl sites for hydroxylation is 2. The number of nitrogens with zero attached hydrogens (tertiary/aromatic N) is 2. The number of nitrogens with one attached hydrogen (secondary N) is 2. The normalized spacial score (nSPS) is 11.6. The van der Waals surface area contributed by atoms with Crippen LogP contribution >= 0.6 is 23.1 Å². The Morgan fingerprint density at radius 3 is 2.68 bits per heavy atom. The van der Waals surface area contributed by atoms with Crippen LogP contribution in [-0.2, 0) is 12.2 Å². The molecule has 4 nitrogen and oxygen atoms in total. The minimum atomic E-state index is -0.131. The smallest absolute Gasteiger partial charge is 0.191 e. The highest BCUT2D eigenvalue weighted by atomic mass is 32.2. The number of guanidine groups is 1. The SMILES string of the molecule is CN=C(NCCSCc1ccccc1F)NCCc1nc(C)c(C)s1. The number of aromatic nitrogens is 1. The van der Waals surface area contributed by atoms with Crippen LogP contribution in [-0.4, -0.2) is 36.8 Å². The van der Waals surface area contributed by atoms with Crippen LogP contribution in [0.25, 0.3) is 0 Å². The van der Waals surface area contributed by atoms with E-state index in [9.17, 15) is 4.39 Å². The van der Waals surface area contributed by atoms with Crippen molar-refractivity contribution in [2.75, 3.05) is 25.9 Å². The van der Waals surface area contributed by atoms with Gasteiger partial charge in [-0.15, -0.1) is 11.3 Å². The molecule has 0 aliphatic heterocycles. The number of hydrogen-bond donors (Lipinski definition) is 2. The first-order valence-corrected chi connectivity index (χ1v) is 10.3. The van der Waals surface area contributed by atoms with Crippen LogP contribution in [0.15, 0.2) is 29.3 Å². The molecular formula is C18H25FN4S2. The summed E-state index contributed by atoms with van der Waals surface area (Å²) in [7, 11) is 1.76. The van der Waals surface area contributed by atoms with Gasteiger partial charge < -0.3 is 10.6 Å². The van der Waals surface area contributed by atoms with Gasteiger partial charge in [-0.3, -0.25) is 4.99 Å². The highest BCUT2D eigenvalue weighted by Crippen LogP contribution is 2.16. The van der Waals surface area contributed by atoms with Crippen LogP contribution in [0.4, 0.5) is 4.39 Å². The lowest BCUT2D eigenvalue weighted by atomic mass is 10.2. The Bertz CT molecular complexity index is 681. The van der Waals surface area contributed by atoms with Crippen LogP contribution < -0.4 is 10.6 Å². The van der Waals surface area contributed by atoms with Crippen molar-refractivity contribution in [3.63, 3.8) is 0 Å². The summed E-state index contributed by atoms with van der Waals surface area (Å²) in [4.78, 5) is 10.0. The van der Waals surface area contributed by atoms with Gasteiger partial charge in [0, 0.05) is 42.9 Å². The maximum absolute atomic E-state index is 13.5. The van der Waals surface area contributed by atoms with E-state index in [0.29, 0.717) is 5.75 Å². The zero-order chi connectivity index (χ0) is 18.1. The number of rotatable bonds is 8. The summed E-state index contributed by atoms with van der Waals surface area (Å²) in [5.74, 6) is 2.23. The van der Waals surface area contributed by atoms with Crippen molar-refractivity contribution >= 4 is 29.1 Å². The van der Waals surface area contributed by atoms with Crippen LogP contribution in [0, 0.1) is 19.7 Å². The first-order chi connectivity index (χ1) is 12.1. The van der Waals surface area contributed by atoms with Gasteiger partial charge in [-0.2, -0.15) is 11.8 Å². The fourth-order valence-corrected chi connectivity index (χ4v) is 3.97. The van der Waals surface area contributed by atoms with Crippen LogP contribution in [0.5, 0.6) is 0 Å². The number of thioether (sulfide) groups is 1. The zero-order valence-electron chi connectivity index (χ0n) is 14.9. The third-order valence-corrected chi connectivity index (χ3v) is 5.82. The predicted octanol–water partition coefficient (Wildman–Crippen LogP) is 3.54. The summed E-state index contributed by atoms with van der Waals surface area (Å²) in [6.45, 7) is 5.73. The lowest BCUT2D eigenvalue weighted by Crippen LogP contribution is -2.39. The molecular weight excluding hydrogens is 355 g/mol. The number of halogens is 1. The standard InChI is InChI=1S/C18H25FN4S2/c1-13-14(2)25-17(23-13)8-9-21-18(20-3)22-10-11-24-12-15-6-4-5-7-16(15)19/h4-7H,8-12H2,1-3H3,(H2,20,21,22). The molecule has 2 aromatic rings. The Labute approximate surface area is 157 Å². The molecule has 0 aliphatic carbocycles. The lowest BCUT2D eigenvalue weighted by molar-refractivity contribution is 0.617.